The molecule has 0 aliphatic carbocycles. The maximum atomic E-state index is 11.8. The van der Waals surface area contributed by atoms with Gasteiger partial charge in [-0.2, -0.15) is 15.0 Å². The predicted octanol–water partition coefficient (Wildman–Crippen LogP) is 1.43. The SMILES string of the molecule is O=C(Nc1cccs1)N1CC(n2nccn2)C1. The van der Waals surface area contributed by atoms with Crippen LogP contribution in [0.5, 0.6) is 0 Å². The first-order valence-electron chi connectivity index (χ1n) is 5.28. The molecule has 0 radical (unpaired) electrons. The molecule has 2 aromatic rings. The van der Waals surface area contributed by atoms with Gasteiger partial charge in [0.1, 0.15) is 6.04 Å². The third-order valence-corrected chi connectivity index (χ3v) is 3.45. The first kappa shape index (κ1) is 10.3. The van der Waals surface area contributed by atoms with Gasteiger partial charge in [0.2, 0.25) is 0 Å². The van der Waals surface area contributed by atoms with Crippen LogP contribution in [0.2, 0.25) is 0 Å². The van der Waals surface area contributed by atoms with E-state index >= 15 is 0 Å². The molecule has 1 aliphatic rings. The topological polar surface area (TPSA) is 63.1 Å². The number of urea groups is 1. The van der Waals surface area contributed by atoms with Crippen molar-refractivity contribution < 1.29 is 4.79 Å². The molecular weight excluding hydrogens is 238 g/mol. The molecule has 2 amide bonds. The third-order valence-electron chi connectivity index (χ3n) is 2.66. The van der Waals surface area contributed by atoms with Crippen LogP contribution in [-0.4, -0.2) is 39.0 Å². The molecule has 1 saturated heterocycles. The van der Waals surface area contributed by atoms with Crippen molar-refractivity contribution in [2.45, 2.75) is 6.04 Å². The number of hydrogen-bond acceptors (Lipinski definition) is 4. The highest BCUT2D eigenvalue weighted by atomic mass is 32.1. The summed E-state index contributed by atoms with van der Waals surface area (Å²) in [6.45, 7) is 1.32. The Kier molecular flexibility index (Phi) is 2.52. The van der Waals surface area contributed by atoms with E-state index in [2.05, 4.69) is 15.5 Å². The molecule has 0 aromatic carbocycles. The largest absolute Gasteiger partial charge is 0.322 e. The Morgan fingerprint density at radius 2 is 2.18 bits per heavy atom. The van der Waals surface area contributed by atoms with Crippen LogP contribution >= 0.6 is 11.3 Å². The summed E-state index contributed by atoms with van der Waals surface area (Å²) in [4.78, 5) is 15.2. The van der Waals surface area contributed by atoms with Crippen LogP contribution in [0.3, 0.4) is 0 Å². The van der Waals surface area contributed by atoms with Crippen molar-refractivity contribution in [3.8, 4) is 0 Å². The van der Waals surface area contributed by atoms with E-state index in [1.54, 1.807) is 22.1 Å². The highest BCUT2D eigenvalue weighted by Crippen LogP contribution is 2.21. The molecule has 88 valence electrons. The smallest absolute Gasteiger partial charge is 0.320 e. The molecule has 0 spiro atoms. The molecule has 0 unspecified atom stereocenters. The summed E-state index contributed by atoms with van der Waals surface area (Å²) in [6.07, 6.45) is 3.29. The summed E-state index contributed by atoms with van der Waals surface area (Å²) in [7, 11) is 0. The van der Waals surface area contributed by atoms with Gasteiger partial charge in [0, 0.05) is 13.1 Å². The van der Waals surface area contributed by atoms with Gasteiger partial charge < -0.3 is 4.90 Å². The minimum absolute atomic E-state index is 0.0594. The van der Waals surface area contributed by atoms with E-state index in [1.807, 2.05) is 17.5 Å². The van der Waals surface area contributed by atoms with Gasteiger partial charge in [0.25, 0.3) is 0 Å². The van der Waals surface area contributed by atoms with Crippen LogP contribution in [0.1, 0.15) is 6.04 Å². The molecule has 3 rings (SSSR count). The molecule has 1 aliphatic heterocycles. The molecule has 0 bridgehead atoms. The number of nitrogens with zero attached hydrogens (tertiary/aromatic N) is 4. The van der Waals surface area contributed by atoms with Crippen LogP contribution in [0.4, 0.5) is 9.80 Å². The summed E-state index contributed by atoms with van der Waals surface area (Å²) < 4.78 is 0. The van der Waals surface area contributed by atoms with Gasteiger partial charge >= 0.3 is 6.03 Å². The monoisotopic (exact) mass is 249 g/mol. The van der Waals surface area contributed by atoms with E-state index in [1.165, 1.54) is 11.3 Å². The number of carbonyl (C=O) groups is 1. The lowest BCUT2D eigenvalue weighted by Gasteiger charge is -2.37. The zero-order valence-corrected chi connectivity index (χ0v) is 9.80. The van der Waals surface area contributed by atoms with Gasteiger partial charge in [0.15, 0.2) is 0 Å². The van der Waals surface area contributed by atoms with Crippen LogP contribution < -0.4 is 5.32 Å². The third kappa shape index (κ3) is 2.01. The molecule has 1 fully saturated rings. The van der Waals surface area contributed by atoms with E-state index in [4.69, 9.17) is 0 Å². The number of hydrogen-bond donors (Lipinski definition) is 1. The molecule has 17 heavy (non-hydrogen) atoms. The number of nitrogens with one attached hydrogen (secondary N) is 1. The quantitative estimate of drug-likeness (QED) is 0.875. The summed E-state index contributed by atoms with van der Waals surface area (Å²) in [6, 6.07) is 3.94. The summed E-state index contributed by atoms with van der Waals surface area (Å²) in [5.74, 6) is 0. The number of amides is 2. The number of carbonyl (C=O) groups excluding carboxylic acids is 1. The molecule has 0 atom stereocenters. The van der Waals surface area contributed by atoms with Crippen molar-refractivity contribution in [1.82, 2.24) is 19.9 Å². The van der Waals surface area contributed by atoms with Crippen molar-refractivity contribution in [2.75, 3.05) is 18.4 Å². The highest BCUT2D eigenvalue weighted by molar-refractivity contribution is 7.14. The Morgan fingerprint density at radius 1 is 1.41 bits per heavy atom. The first-order chi connectivity index (χ1) is 8.33. The molecule has 0 saturated carbocycles. The van der Waals surface area contributed by atoms with E-state index in [9.17, 15) is 4.79 Å². The highest BCUT2D eigenvalue weighted by Gasteiger charge is 2.33. The van der Waals surface area contributed by atoms with E-state index in [0.717, 1.165) is 5.00 Å². The van der Waals surface area contributed by atoms with Gasteiger partial charge in [-0.25, -0.2) is 4.79 Å². The maximum Gasteiger partial charge on any atom is 0.322 e. The first-order valence-corrected chi connectivity index (χ1v) is 6.16. The molecule has 7 heteroatoms. The lowest BCUT2D eigenvalue weighted by atomic mass is 10.1. The normalized spacial score (nSPS) is 15.6. The Bertz CT molecular complexity index is 489. The zero-order valence-electron chi connectivity index (χ0n) is 8.98. The van der Waals surface area contributed by atoms with Crippen LogP contribution in [0, 0.1) is 0 Å². The number of aromatic nitrogens is 3. The second kappa shape index (κ2) is 4.17. The fourth-order valence-corrected chi connectivity index (χ4v) is 2.32. The molecule has 3 heterocycles. The number of rotatable bonds is 2. The second-order valence-electron chi connectivity index (χ2n) is 3.82. The summed E-state index contributed by atoms with van der Waals surface area (Å²) >= 11 is 1.51. The van der Waals surface area contributed by atoms with Crippen molar-refractivity contribution in [1.29, 1.82) is 0 Å². The van der Waals surface area contributed by atoms with E-state index in [0.29, 0.717) is 13.1 Å². The fourth-order valence-electron chi connectivity index (χ4n) is 1.72. The van der Waals surface area contributed by atoms with Gasteiger partial charge in [-0.1, -0.05) is 0 Å². The van der Waals surface area contributed by atoms with Crippen LogP contribution in [-0.2, 0) is 0 Å². The molecular formula is C10H11N5OS. The lowest BCUT2D eigenvalue weighted by Crippen LogP contribution is -2.52. The fraction of sp³-hybridized carbons (Fsp3) is 0.300. The molecule has 1 N–H and O–H groups in total. The van der Waals surface area contributed by atoms with Gasteiger partial charge in [-0.15, -0.1) is 11.3 Å². The summed E-state index contributed by atoms with van der Waals surface area (Å²) in [5.41, 5.74) is 0. The van der Waals surface area contributed by atoms with E-state index < -0.39 is 0 Å². The minimum atomic E-state index is -0.0594. The Labute approximate surface area is 102 Å². The van der Waals surface area contributed by atoms with Crippen molar-refractivity contribution in [3.63, 3.8) is 0 Å². The van der Waals surface area contributed by atoms with E-state index in [-0.39, 0.29) is 12.1 Å². The van der Waals surface area contributed by atoms with Crippen LogP contribution in [0.15, 0.2) is 29.9 Å². The lowest BCUT2D eigenvalue weighted by molar-refractivity contribution is 0.119. The number of likely N-dealkylation sites (tertiary alicyclic amines) is 1. The zero-order chi connectivity index (χ0) is 11.7. The molecule has 6 nitrogen and oxygen atoms in total. The predicted molar refractivity (Wildman–Crippen MR) is 64.0 cm³/mol. The van der Waals surface area contributed by atoms with Gasteiger partial charge in [-0.3, -0.25) is 5.32 Å². The maximum absolute atomic E-state index is 11.8. The Morgan fingerprint density at radius 3 is 2.82 bits per heavy atom. The van der Waals surface area contributed by atoms with Gasteiger partial charge in [0.05, 0.1) is 17.4 Å². The van der Waals surface area contributed by atoms with Crippen LogP contribution in [0.25, 0.3) is 0 Å². The van der Waals surface area contributed by atoms with Crippen molar-refractivity contribution in [2.24, 2.45) is 0 Å². The average Bonchev–Trinajstić information content (AvgIpc) is 2.87. The molecule has 2 aromatic heterocycles. The van der Waals surface area contributed by atoms with Gasteiger partial charge in [-0.05, 0) is 17.5 Å². The standard InChI is InChI=1S/C10H11N5OS/c16-10(13-9-2-1-5-17-9)14-6-8(7-14)15-11-3-4-12-15/h1-5,8H,6-7H2,(H,13,16). The number of anilines is 1. The van der Waals surface area contributed by atoms with Crippen molar-refractivity contribution >= 4 is 22.4 Å². The Balaban J connectivity index is 1.54. The second-order valence-corrected chi connectivity index (χ2v) is 4.76. The Hall–Kier alpha value is -1.89. The van der Waals surface area contributed by atoms with Crippen molar-refractivity contribution in [3.05, 3.63) is 29.9 Å². The minimum Gasteiger partial charge on any atom is -0.320 e. The summed E-state index contributed by atoms with van der Waals surface area (Å²) in [5, 5.41) is 13.8. The average molecular weight is 249 g/mol. The number of thiophene rings is 1.